The topological polar surface area (TPSA) is 48.5 Å². The lowest BCUT2D eigenvalue weighted by atomic mass is 10.2. The molecule has 0 aliphatic carbocycles. The van der Waals surface area contributed by atoms with Crippen molar-refractivity contribution in [2.75, 3.05) is 38.6 Å². The molecule has 0 spiro atoms. The SMILES string of the molecule is CCN(Cc1ccccc1)c1cc(C(=O)NCCN(C)C)ccn1. The van der Waals surface area contributed by atoms with E-state index in [1.165, 1.54) is 5.56 Å². The average molecular weight is 326 g/mol. The number of aromatic nitrogens is 1. The maximum absolute atomic E-state index is 12.3. The first kappa shape index (κ1) is 17.9. The van der Waals surface area contributed by atoms with Crippen molar-refractivity contribution >= 4 is 11.7 Å². The van der Waals surface area contributed by atoms with Crippen LogP contribution in [0, 0.1) is 0 Å². The van der Waals surface area contributed by atoms with E-state index in [1.54, 1.807) is 12.3 Å². The maximum atomic E-state index is 12.3. The molecular weight excluding hydrogens is 300 g/mol. The van der Waals surface area contributed by atoms with Gasteiger partial charge in [0.1, 0.15) is 5.82 Å². The van der Waals surface area contributed by atoms with Crippen molar-refractivity contribution in [3.8, 4) is 0 Å². The molecule has 5 nitrogen and oxygen atoms in total. The number of nitrogens with zero attached hydrogens (tertiary/aromatic N) is 3. The minimum atomic E-state index is -0.0590. The lowest BCUT2D eigenvalue weighted by Gasteiger charge is -2.22. The first-order valence-corrected chi connectivity index (χ1v) is 8.28. The number of anilines is 1. The van der Waals surface area contributed by atoms with Gasteiger partial charge in [-0.25, -0.2) is 4.98 Å². The zero-order chi connectivity index (χ0) is 17.4. The van der Waals surface area contributed by atoms with Gasteiger partial charge in [0.2, 0.25) is 0 Å². The fourth-order valence-corrected chi connectivity index (χ4v) is 2.39. The number of rotatable bonds is 8. The largest absolute Gasteiger partial charge is 0.353 e. The van der Waals surface area contributed by atoms with Crippen LogP contribution >= 0.6 is 0 Å². The van der Waals surface area contributed by atoms with Crippen LogP contribution in [0.1, 0.15) is 22.8 Å². The van der Waals surface area contributed by atoms with Crippen LogP contribution in [0.25, 0.3) is 0 Å². The van der Waals surface area contributed by atoms with Gasteiger partial charge in [0, 0.05) is 37.9 Å². The zero-order valence-corrected chi connectivity index (χ0v) is 14.7. The van der Waals surface area contributed by atoms with Crippen LogP contribution in [-0.2, 0) is 6.54 Å². The van der Waals surface area contributed by atoms with E-state index in [0.29, 0.717) is 12.1 Å². The van der Waals surface area contributed by atoms with Crippen molar-refractivity contribution in [1.29, 1.82) is 0 Å². The Hall–Kier alpha value is -2.40. The molecule has 0 aliphatic rings. The van der Waals surface area contributed by atoms with E-state index in [1.807, 2.05) is 43.3 Å². The van der Waals surface area contributed by atoms with Crippen LogP contribution in [0.2, 0.25) is 0 Å². The van der Waals surface area contributed by atoms with Crippen LogP contribution in [0.5, 0.6) is 0 Å². The van der Waals surface area contributed by atoms with Crippen molar-refractivity contribution < 1.29 is 4.79 Å². The van der Waals surface area contributed by atoms with Gasteiger partial charge in [-0.15, -0.1) is 0 Å². The van der Waals surface area contributed by atoms with Crippen LogP contribution in [0.4, 0.5) is 5.82 Å². The summed E-state index contributed by atoms with van der Waals surface area (Å²) in [7, 11) is 3.97. The fourth-order valence-electron chi connectivity index (χ4n) is 2.39. The Morgan fingerprint density at radius 3 is 2.58 bits per heavy atom. The molecular formula is C19H26N4O. The smallest absolute Gasteiger partial charge is 0.251 e. The molecule has 0 fully saturated rings. The Kier molecular flexibility index (Phi) is 6.75. The van der Waals surface area contributed by atoms with Gasteiger partial charge >= 0.3 is 0 Å². The summed E-state index contributed by atoms with van der Waals surface area (Å²) in [5.41, 5.74) is 1.87. The molecule has 1 aromatic heterocycles. The van der Waals surface area contributed by atoms with Gasteiger partial charge in [-0.05, 0) is 38.7 Å². The number of hydrogen-bond acceptors (Lipinski definition) is 4. The number of carbonyl (C=O) groups excluding carboxylic acids is 1. The molecule has 2 aromatic rings. The predicted octanol–water partition coefficient (Wildman–Crippen LogP) is 2.40. The number of hydrogen-bond donors (Lipinski definition) is 1. The highest BCUT2D eigenvalue weighted by atomic mass is 16.1. The zero-order valence-electron chi connectivity index (χ0n) is 14.7. The van der Waals surface area contributed by atoms with Crippen molar-refractivity contribution in [3.63, 3.8) is 0 Å². The number of carbonyl (C=O) groups is 1. The summed E-state index contributed by atoms with van der Waals surface area (Å²) < 4.78 is 0. The van der Waals surface area contributed by atoms with Gasteiger partial charge in [0.25, 0.3) is 5.91 Å². The van der Waals surface area contributed by atoms with Gasteiger partial charge in [-0.3, -0.25) is 4.79 Å². The predicted molar refractivity (Wildman–Crippen MR) is 98.3 cm³/mol. The highest BCUT2D eigenvalue weighted by molar-refractivity contribution is 5.94. The molecule has 1 aromatic carbocycles. The number of amides is 1. The molecule has 1 heterocycles. The summed E-state index contributed by atoms with van der Waals surface area (Å²) in [5, 5.41) is 2.94. The Morgan fingerprint density at radius 2 is 1.92 bits per heavy atom. The number of likely N-dealkylation sites (N-methyl/N-ethyl adjacent to an activating group) is 1. The van der Waals surface area contributed by atoms with E-state index in [4.69, 9.17) is 0 Å². The van der Waals surface area contributed by atoms with Crippen molar-refractivity contribution in [2.45, 2.75) is 13.5 Å². The monoisotopic (exact) mass is 326 g/mol. The maximum Gasteiger partial charge on any atom is 0.251 e. The summed E-state index contributed by atoms with van der Waals surface area (Å²) in [6.07, 6.45) is 1.70. The highest BCUT2D eigenvalue weighted by Gasteiger charge is 2.11. The lowest BCUT2D eigenvalue weighted by molar-refractivity contribution is 0.0951. The van der Waals surface area contributed by atoms with Gasteiger partial charge in [-0.2, -0.15) is 0 Å². The highest BCUT2D eigenvalue weighted by Crippen LogP contribution is 2.16. The van der Waals surface area contributed by atoms with Crippen LogP contribution in [0.3, 0.4) is 0 Å². The average Bonchev–Trinajstić information content (AvgIpc) is 2.60. The molecule has 24 heavy (non-hydrogen) atoms. The Labute approximate surface area is 144 Å². The summed E-state index contributed by atoms with van der Waals surface area (Å²) in [6, 6.07) is 13.9. The molecule has 1 amide bonds. The molecule has 0 aliphatic heterocycles. The third kappa shape index (κ3) is 5.35. The molecule has 0 bridgehead atoms. The third-order valence-corrected chi connectivity index (χ3v) is 3.77. The quantitative estimate of drug-likeness (QED) is 0.809. The molecule has 1 N–H and O–H groups in total. The summed E-state index contributed by atoms with van der Waals surface area (Å²) in [4.78, 5) is 20.9. The van der Waals surface area contributed by atoms with Crippen molar-refractivity contribution in [2.24, 2.45) is 0 Å². The summed E-state index contributed by atoms with van der Waals surface area (Å²) >= 11 is 0. The Morgan fingerprint density at radius 1 is 1.17 bits per heavy atom. The van der Waals surface area contributed by atoms with Crippen molar-refractivity contribution in [1.82, 2.24) is 15.2 Å². The van der Waals surface area contributed by atoms with E-state index < -0.39 is 0 Å². The van der Waals surface area contributed by atoms with E-state index >= 15 is 0 Å². The van der Waals surface area contributed by atoms with Gasteiger partial charge < -0.3 is 15.1 Å². The molecule has 0 saturated heterocycles. The number of nitrogens with one attached hydrogen (secondary N) is 1. The van der Waals surface area contributed by atoms with E-state index in [-0.39, 0.29) is 5.91 Å². The minimum absolute atomic E-state index is 0.0590. The Bertz CT molecular complexity index is 643. The number of pyridine rings is 1. The second-order valence-corrected chi connectivity index (χ2v) is 5.96. The lowest BCUT2D eigenvalue weighted by Crippen LogP contribution is -2.31. The second-order valence-electron chi connectivity index (χ2n) is 5.96. The molecule has 0 unspecified atom stereocenters. The summed E-state index contributed by atoms with van der Waals surface area (Å²) in [5.74, 6) is 0.762. The molecule has 0 radical (unpaired) electrons. The third-order valence-electron chi connectivity index (χ3n) is 3.77. The van der Waals surface area contributed by atoms with E-state index in [2.05, 4.69) is 34.3 Å². The molecule has 0 saturated carbocycles. The first-order chi connectivity index (χ1) is 11.6. The van der Waals surface area contributed by atoms with Crippen LogP contribution in [-0.4, -0.2) is 49.5 Å². The molecule has 128 valence electrons. The van der Waals surface area contributed by atoms with E-state index in [9.17, 15) is 4.79 Å². The van der Waals surface area contributed by atoms with Gasteiger partial charge in [0.05, 0.1) is 0 Å². The standard InChI is InChI=1S/C19H26N4O/c1-4-23(15-16-8-6-5-7-9-16)18-14-17(10-11-20-18)19(24)21-12-13-22(2)3/h5-11,14H,4,12-13,15H2,1-3H3,(H,21,24). The van der Waals surface area contributed by atoms with Crippen molar-refractivity contribution in [3.05, 3.63) is 59.8 Å². The first-order valence-electron chi connectivity index (χ1n) is 8.28. The summed E-state index contributed by atoms with van der Waals surface area (Å²) in [6.45, 7) is 5.14. The fraction of sp³-hybridized carbons (Fsp3) is 0.368. The van der Waals surface area contributed by atoms with Gasteiger partial charge in [-0.1, -0.05) is 30.3 Å². The molecule has 2 rings (SSSR count). The normalized spacial score (nSPS) is 10.7. The minimum Gasteiger partial charge on any atom is -0.353 e. The number of benzene rings is 1. The van der Waals surface area contributed by atoms with Crippen LogP contribution < -0.4 is 10.2 Å². The van der Waals surface area contributed by atoms with Gasteiger partial charge in [0.15, 0.2) is 0 Å². The van der Waals surface area contributed by atoms with E-state index in [0.717, 1.165) is 25.5 Å². The second kappa shape index (κ2) is 9.03. The van der Waals surface area contributed by atoms with Crippen LogP contribution in [0.15, 0.2) is 48.7 Å². The molecule has 5 heteroatoms. The Balaban J connectivity index is 2.05. The molecule has 0 atom stereocenters.